The van der Waals surface area contributed by atoms with Crippen molar-refractivity contribution >= 4 is 43.9 Å². The van der Waals surface area contributed by atoms with Gasteiger partial charge < -0.3 is 8.83 Å². The average Bonchev–Trinajstić information content (AvgIpc) is 3.59. The highest BCUT2D eigenvalue weighted by atomic mass is 16.3. The number of fused-ring (bicyclic) bond motifs is 6. The van der Waals surface area contributed by atoms with Crippen LogP contribution in [0.15, 0.2) is 136 Å². The third-order valence-corrected chi connectivity index (χ3v) is 7.75. The van der Waals surface area contributed by atoms with Gasteiger partial charge in [0.2, 0.25) is 0 Å². The van der Waals surface area contributed by atoms with E-state index in [4.69, 9.17) is 8.83 Å². The van der Waals surface area contributed by atoms with Gasteiger partial charge in [0.25, 0.3) is 0 Å². The molecule has 186 valence electrons. The van der Waals surface area contributed by atoms with Crippen LogP contribution in [0.3, 0.4) is 0 Å². The molecule has 0 aliphatic heterocycles. The highest BCUT2D eigenvalue weighted by molar-refractivity contribution is 6.12. The van der Waals surface area contributed by atoms with E-state index in [9.17, 15) is 5.26 Å². The van der Waals surface area contributed by atoms with Gasteiger partial charge in [-0.15, -0.1) is 0 Å². The second-order valence-electron chi connectivity index (χ2n) is 10.0. The van der Waals surface area contributed by atoms with Gasteiger partial charge in [0, 0.05) is 32.7 Å². The van der Waals surface area contributed by atoms with E-state index in [0.29, 0.717) is 5.56 Å². The van der Waals surface area contributed by atoms with E-state index in [-0.39, 0.29) is 0 Å². The third kappa shape index (κ3) is 3.37. The van der Waals surface area contributed by atoms with E-state index >= 15 is 0 Å². The zero-order valence-electron chi connectivity index (χ0n) is 21.4. The lowest BCUT2D eigenvalue weighted by molar-refractivity contribution is 0.669. The molecule has 40 heavy (non-hydrogen) atoms. The molecule has 3 heteroatoms. The summed E-state index contributed by atoms with van der Waals surface area (Å²) in [6.07, 6.45) is 0. The van der Waals surface area contributed by atoms with Gasteiger partial charge in [-0.3, -0.25) is 0 Å². The molecular weight excluding hydrogens is 490 g/mol. The smallest absolute Gasteiger partial charge is 0.143 e. The molecule has 0 spiro atoms. The van der Waals surface area contributed by atoms with E-state index < -0.39 is 0 Å². The van der Waals surface area contributed by atoms with E-state index in [1.54, 1.807) is 0 Å². The number of para-hydroxylation sites is 4. The summed E-state index contributed by atoms with van der Waals surface area (Å²) in [4.78, 5) is 0. The number of benzene rings is 6. The molecule has 0 unspecified atom stereocenters. The van der Waals surface area contributed by atoms with Crippen molar-refractivity contribution in [2.75, 3.05) is 0 Å². The summed E-state index contributed by atoms with van der Waals surface area (Å²) in [6.45, 7) is 0. The molecule has 2 aromatic heterocycles. The first-order valence-corrected chi connectivity index (χ1v) is 13.2. The number of hydrogen-bond donors (Lipinski definition) is 0. The van der Waals surface area contributed by atoms with Gasteiger partial charge in [-0.2, -0.15) is 5.26 Å². The topological polar surface area (TPSA) is 50.1 Å². The van der Waals surface area contributed by atoms with Gasteiger partial charge in [-0.25, -0.2) is 0 Å². The van der Waals surface area contributed by atoms with E-state index in [0.717, 1.165) is 77.3 Å². The summed E-state index contributed by atoms with van der Waals surface area (Å²) in [6, 6.07) is 45.5. The summed E-state index contributed by atoms with van der Waals surface area (Å²) in [5.41, 5.74) is 10.4. The second kappa shape index (κ2) is 8.73. The van der Waals surface area contributed by atoms with Gasteiger partial charge >= 0.3 is 0 Å². The van der Waals surface area contributed by atoms with Crippen LogP contribution in [0.25, 0.3) is 77.3 Å². The maximum Gasteiger partial charge on any atom is 0.143 e. The fraction of sp³-hybridized carbons (Fsp3) is 0. The van der Waals surface area contributed by atoms with Crippen molar-refractivity contribution < 1.29 is 8.83 Å². The predicted octanol–water partition coefficient (Wildman–Crippen LogP) is 10.4. The van der Waals surface area contributed by atoms with Gasteiger partial charge in [-0.05, 0) is 52.6 Å². The molecule has 0 aliphatic rings. The molecule has 0 amide bonds. The third-order valence-electron chi connectivity index (χ3n) is 7.75. The molecule has 0 saturated heterocycles. The van der Waals surface area contributed by atoms with Crippen LogP contribution >= 0.6 is 0 Å². The van der Waals surface area contributed by atoms with Crippen molar-refractivity contribution in [3.63, 3.8) is 0 Å². The van der Waals surface area contributed by atoms with E-state index in [2.05, 4.69) is 72.8 Å². The van der Waals surface area contributed by atoms with E-state index in [1.165, 1.54) is 0 Å². The first-order chi connectivity index (χ1) is 19.8. The standard InChI is InChI=1S/C37H21NO2/c38-22-23-15-17-24(18-16-23)33-21-25(26-9-5-11-31-28-7-1-3-13-34(28)39-36(26)31)19-20-27(33)30-10-6-12-32-29-8-2-4-14-35(29)40-37(30)32/h1-21H. The zero-order chi connectivity index (χ0) is 26.6. The zero-order valence-corrected chi connectivity index (χ0v) is 21.4. The molecule has 0 radical (unpaired) electrons. The van der Waals surface area contributed by atoms with Crippen LogP contribution in [-0.4, -0.2) is 0 Å². The summed E-state index contributed by atoms with van der Waals surface area (Å²) in [5.74, 6) is 0. The number of rotatable bonds is 3. The summed E-state index contributed by atoms with van der Waals surface area (Å²) in [5, 5.41) is 13.8. The number of nitriles is 1. The van der Waals surface area contributed by atoms with Crippen LogP contribution in [0.2, 0.25) is 0 Å². The molecule has 6 aromatic carbocycles. The Kier molecular flexibility index (Phi) is 4.89. The van der Waals surface area contributed by atoms with Crippen molar-refractivity contribution in [3.8, 4) is 39.4 Å². The Bertz CT molecular complexity index is 2280. The van der Waals surface area contributed by atoms with Gasteiger partial charge in [-0.1, -0.05) is 97.1 Å². The largest absolute Gasteiger partial charge is 0.455 e. The minimum Gasteiger partial charge on any atom is -0.455 e. The number of nitrogens with zero attached hydrogens (tertiary/aromatic N) is 1. The number of hydrogen-bond acceptors (Lipinski definition) is 3. The molecule has 0 N–H and O–H groups in total. The highest BCUT2D eigenvalue weighted by Gasteiger charge is 2.18. The lowest BCUT2D eigenvalue weighted by Gasteiger charge is -2.14. The Hall–Kier alpha value is -5.59. The molecule has 8 rings (SSSR count). The lowest BCUT2D eigenvalue weighted by Crippen LogP contribution is -1.89. The van der Waals surface area contributed by atoms with Crippen LogP contribution < -0.4 is 0 Å². The fourth-order valence-electron chi connectivity index (χ4n) is 5.84. The van der Waals surface area contributed by atoms with Crippen molar-refractivity contribution in [1.29, 1.82) is 5.26 Å². The van der Waals surface area contributed by atoms with Crippen LogP contribution in [0.1, 0.15) is 5.56 Å². The van der Waals surface area contributed by atoms with Crippen LogP contribution in [0.4, 0.5) is 0 Å². The van der Waals surface area contributed by atoms with Crippen molar-refractivity contribution in [2.45, 2.75) is 0 Å². The summed E-state index contributed by atoms with van der Waals surface area (Å²) in [7, 11) is 0. The van der Waals surface area contributed by atoms with Gasteiger partial charge in [0.15, 0.2) is 0 Å². The maximum absolute atomic E-state index is 9.40. The van der Waals surface area contributed by atoms with Crippen LogP contribution in [0.5, 0.6) is 0 Å². The summed E-state index contributed by atoms with van der Waals surface area (Å²) >= 11 is 0. The molecule has 0 bridgehead atoms. The summed E-state index contributed by atoms with van der Waals surface area (Å²) < 4.78 is 12.8. The quantitative estimate of drug-likeness (QED) is 0.237. The van der Waals surface area contributed by atoms with Crippen molar-refractivity contribution in [2.24, 2.45) is 0 Å². The molecule has 0 saturated carbocycles. The molecule has 0 atom stereocenters. The molecule has 8 aromatic rings. The van der Waals surface area contributed by atoms with Gasteiger partial charge in [0.05, 0.1) is 11.6 Å². The Morgan fingerprint density at radius 1 is 0.425 bits per heavy atom. The molecule has 3 nitrogen and oxygen atoms in total. The predicted molar refractivity (Wildman–Crippen MR) is 162 cm³/mol. The molecule has 0 fully saturated rings. The van der Waals surface area contributed by atoms with Crippen LogP contribution in [0, 0.1) is 11.3 Å². The molecule has 0 aliphatic carbocycles. The SMILES string of the molecule is N#Cc1ccc(-c2cc(-c3cccc4c3oc3ccccc34)ccc2-c2cccc3c2oc2ccccc23)cc1. The Morgan fingerprint density at radius 2 is 0.975 bits per heavy atom. The average molecular weight is 512 g/mol. The lowest BCUT2D eigenvalue weighted by atomic mass is 9.89. The molecular formula is C37H21NO2. The normalized spacial score (nSPS) is 11.5. The Morgan fingerprint density at radius 3 is 1.62 bits per heavy atom. The van der Waals surface area contributed by atoms with Gasteiger partial charge in [0.1, 0.15) is 22.3 Å². The minimum atomic E-state index is 0.632. The minimum absolute atomic E-state index is 0.632. The number of furan rings is 2. The van der Waals surface area contributed by atoms with Crippen molar-refractivity contribution in [1.82, 2.24) is 0 Å². The Labute approximate surface area is 230 Å². The highest BCUT2D eigenvalue weighted by Crippen LogP contribution is 2.43. The van der Waals surface area contributed by atoms with E-state index in [1.807, 2.05) is 60.7 Å². The molecule has 2 heterocycles. The second-order valence-corrected chi connectivity index (χ2v) is 10.0. The van der Waals surface area contributed by atoms with Crippen LogP contribution in [-0.2, 0) is 0 Å². The Balaban J connectivity index is 1.40. The fourth-order valence-corrected chi connectivity index (χ4v) is 5.84. The first-order valence-electron chi connectivity index (χ1n) is 13.2. The first kappa shape index (κ1) is 22.4. The maximum atomic E-state index is 9.40. The van der Waals surface area contributed by atoms with Crippen molar-refractivity contribution in [3.05, 3.63) is 133 Å². The monoisotopic (exact) mass is 511 g/mol.